The molecule has 31 heavy (non-hydrogen) atoms. The van der Waals surface area contributed by atoms with E-state index in [-0.39, 0.29) is 36.4 Å². The van der Waals surface area contributed by atoms with Gasteiger partial charge in [-0.3, -0.25) is 14.4 Å². The van der Waals surface area contributed by atoms with E-state index >= 15 is 0 Å². The molecule has 0 fully saturated rings. The zero-order valence-corrected chi connectivity index (χ0v) is 19.5. The second-order valence-corrected chi connectivity index (χ2v) is 8.14. The van der Waals surface area contributed by atoms with Gasteiger partial charge in [0.15, 0.2) is 0 Å². The topological polar surface area (TPSA) is 90.7 Å². The Morgan fingerprint density at radius 1 is 1.32 bits per heavy atom. The summed E-state index contributed by atoms with van der Waals surface area (Å²) in [5, 5.41) is 17.4. The summed E-state index contributed by atoms with van der Waals surface area (Å²) in [6.45, 7) is 8.87. The molecule has 1 aromatic heterocycles. The van der Waals surface area contributed by atoms with Gasteiger partial charge in [-0.2, -0.15) is 5.10 Å². The highest BCUT2D eigenvalue weighted by Crippen LogP contribution is 2.43. The first-order valence-electron chi connectivity index (χ1n) is 10.4. The molecule has 2 amide bonds. The summed E-state index contributed by atoms with van der Waals surface area (Å²) in [4.78, 5) is 27.7. The molecule has 0 saturated carbocycles. The maximum atomic E-state index is 12.4. The number of benzene rings is 1. The summed E-state index contributed by atoms with van der Waals surface area (Å²) in [5.74, 6) is -0.0405. The van der Waals surface area contributed by atoms with Crippen molar-refractivity contribution in [1.82, 2.24) is 20.0 Å². The lowest BCUT2D eigenvalue weighted by molar-refractivity contribution is -0.117. The van der Waals surface area contributed by atoms with Crippen molar-refractivity contribution < 1.29 is 14.7 Å². The van der Waals surface area contributed by atoms with Gasteiger partial charge in [0, 0.05) is 43.0 Å². The van der Waals surface area contributed by atoms with Crippen LogP contribution in [-0.2, 0) is 11.3 Å². The van der Waals surface area contributed by atoms with Gasteiger partial charge in [0.2, 0.25) is 5.91 Å². The van der Waals surface area contributed by atoms with E-state index in [1.807, 2.05) is 63.1 Å². The van der Waals surface area contributed by atoms with Crippen molar-refractivity contribution in [2.75, 3.05) is 18.5 Å². The molecule has 0 unspecified atom stereocenters. The second kappa shape index (κ2) is 10.2. The number of likely N-dealkylation sites (N-methyl/N-ethyl adjacent to an activating group) is 1. The van der Waals surface area contributed by atoms with Crippen LogP contribution in [0.1, 0.15) is 45.7 Å². The number of amides is 2. The molecule has 2 heterocycles. The van der Waals surface area contributed by atoms with Crippen molar-refractivity contribution in [2.24, 2.45) is 0 Å². The van der Waals surface area contributed by atoms with E-state index in [4.69, 9.17) is 0 Å². The lowest BCUT2D eigenvalue weighted by Crippen LogP contribution is -2.48. The average molecular weight is 450 g/mol. The Labute approximate surface area is 189 Å². The van der Waals surface area contributed by atoms with Gasteiger partial charge in [-0.25, -0.2) is 4.79 Å². The highest BCUT2D eigenvalue weighted by atomic mass is 35.5. The first-order chi connectivity index (χ1) is 14.2. The maximum absolute atomic E-state index is 12.4. The third-order valence-electron chi connectivity index (χ3n) is 5.66. The number of carbonyl (C=O) groups excluding carboxylic acids is 1. The Kier molecular flexibility index (Phi) is 8.08. The molecule has 1 aliphatic rings. The summed E-state index contributed by atoms with van der Waals surface area (Å²) in [5.41, 5.74) is 3.57. The Hall–Kier alpha value is -2.58. The normalized spacial score (nSPS) is 17.8. The van der Waals surface area contributed by atoms with Gasteiger partial charge in [0.25, 0.3) is 0 Å². The van der Waals surface area contributed by atoms with Gasteiger partial charge in [0.1, 0.15) is 0 Å². The second-order valence-electron chi connectivity index (χ2n) is 8.14. The zero-order valence-electron chi connectivity index (χ0n) is 18.7. The van der Waals surface area contributed by atoms with Gasteiger partial charge in [0.05, 0.1) is 18.8 Å². The molecule has 0 bridgehead atoms. The molecule has 0 radical (unpaired) electrons. The molecule has 8 nitrogen and oxygen atoms in total. The number of rotatable bonds is 6. The Morgan fingerprint density at radius 2 is 2.03 bits per heavy atom. The van der Waals surface area contributed by atoms with E-state index in [9.17, 15) is 14.7 Å². The fourth-order valence-corrected chi connectivity index (χ4v) is 4.33. The fraction of sp³-hybridized carbons (Fsp3) is 0.500. The SMILES string of the molecule is CNCCn1cc(-c2ccc3c(c2)[C@H](N(C(=O)O)C(C)C)C[C@H](C)N3C(C)=O)cn1.Cl. The smallest absolute Gasteiger partial charge is 0.408 e. The van der Waals surface area contributed by atoms with Gasteiger partial charge in [-0.1, -0.05) is 6.07 Å². The Bertz CT molecular complexity index is 930. The number of anilines is 1. The van der Waals surface area contributed by atoms with E-state index in [1.165, 1.54) is 4.90 Å². The van der Waals surface area contributed by atoms with E-state index < -0.39 is 6.09 Å². The molecule has 0 saturated heterocycles. The number of carbonyl (C=O) groups is 2. The summed E-state index contributed by atoms with van der Waals surface area (Å²) in [7, 11) is 1.90. The summed E-state index contributed by atoms with van der Waals surface area (Å²) >= 11 is 0. The third kappa shape index (κ3) is 5.02. The number of aromatic nitrogens is 2. The molecule has 1 aliphatic heterocycles. The van der Waals surface area contributed by atoms with Crippen molar-refractivity contribution in [1.29, 1.82) is 0 Å². The molecule has 2 aromatic rings. The minimum absolute atomic E-state index is 0. The van der Waals surface area contributed by atoms with Crippen LogP contribution in [0.15, 0.2) is 30.6 Å². The van der Waals surface area contributed by atoms with E-state index in [2.05, 4.69) is 10.4 Å². The lowest BCUT2D eigenvalue weighted by atomic mass is 9.88. The maximum Gasteiger partial charge on any atom is 0.408 e. The van der Waals surface area contributed by atoms with Crippen molar-refractivity contribution in [2.45, 2.75) is 58.8 Å². The van der Waals surface area contributed by atoms with Crippen LogP contribution in [0.4, 0.5) is 10.5 Å². The Morgan fingerprint density at radius 3 is 2.61 bits per heavy atom. The minimum Gasteiger partial charge on any atom is -0.465 e. The third-order valence-corrected chi connectivity index (χ3v) is 5.66. The van der Waals surface area contributed by atoms with Crippen LogP contribution in [0, 0.1) is 0 Å². The van der Waals surface area contributed by atoms with Gasteiger partial charge >= 0.3 is 6.09 Å². The predicted molar refractivity (Wildman–Crippen MR) is 124 cm³/mol. The van der Waals surface area contributed by atoms with Crippen LogP contribution in [-0.4, -0.2) is 57.5 Å². The van der Waals surface area contributed by atoms with E-state index in [1.54, 1.807) is 11.8 Å². The molecule has 2 N–H and O–H groups in total. The van der Waals surface area contributed by atoms with Crippen molar-refractivity contribution >= 4 is 30.1 Å². The number of halogens is 1. The first kappa shape index (κ1) is 24.7. The van der Waals surface area contributed by atoms with Crippen LogP contribution >= 0.6 is 12.4 Å². The summed E-state index contributed by atoms with van der Waals surface area (Å²) in [6, 6.07) is 5.34. The standard InChI is InChI=1S/C22H31N5O3.ClH/c1-14(2)26(22(29)30)21-10-15(3)27(16(4)28)20-7-6-17(11-19(20)21)18-12-24-25(13-18)9-8-23-5;/h6-7,11-15,21,23H,8-10H2,1-5H3,(H,29,30);1H/t15-,21+;/m0./s1. The molecule has 1 aromatic carbocycles. The van der Waals surface area contributed by atoms with Gasteiger partial charge in [-0.05, 0) is 57.5 Å². The molecule has 2 atom stereocenters. The van der Waals surface area contributed by atoms with Crippen LogP contribution in [0.25, 0.3) is 11.1 Å². The number of hydrogen-bond acceptors (Lipinski definition) is 4. The monoisotopic (exact) mass is 449 g/mol. The molecule has 0 spiro atoms. The highest BCUT2D eigenvalue weighted by molar-refractivity contribution is 5.94. The average Bonchev–Trinajstić information content (AvgIpc) is 3.14. The summed E-state index contributed by atoms with van der Waals surface area (Å²) < 4.78 is 1.88. The quantitative estimate of drug-likeness (QED) is 0.700. The number of nitrogens with one attached hydrogen (secondary N) is 1. The number of carboxylic acid groups (broad SMARTS) is 1. The van der Waals surface area contributed by atoms with Crippen molar-refractivity contribution in [3.8, 4) is 11.1 Å². The molecule has 0 aliphatic carbocycles. The van der Waals surface area contributed by atoms with Crippen LogP contribution in [0.3, 0.4) is 0 Å². The highest BCUT2D eigenvalue weighted by Gasteiger charge is 2.38. The van der Waals surface area contributed by atoms with Crippen molar-refractivity contribution in [3.05, 3.63) is 36.2 Å². The van der Waals surface area contributed by atoms with Gasteiger partial charge in [-0.15, -0.1) is 12.4 Å². The number of hydrogen-bond donors (Lipinski definition) is 2. The van der Waals surface area contributed by atoms with E-state index in [0.717, 1.165) is 35.5 Å². The molecule has 3 rings (SSSR count). The zero-order chi connectivity index (χ0) is 22.0. The fourth-order valence-electron chi connectivity index (χ4n) is 4.33. The molecular formula is C22H32ClN5O3. The molecule has 170 valence electrons. The van der Waals surface area contributed by atoms with Crippen LogP contribution in [0.2, 0.25) is 0 Å². The van der Waals surface area contributed by atoms with Crippen molar-refractivity contribution in [3.63, 3.8) is 0 Å². The van der Waals surface area contributed by atoms with E-state index in [0.29, 0.717) is 6.42 Å². The number of fused-ring (bicyclic) bond motifs is 1. The molecular weight excluding hydrogens is 418 g/mol. The van der Waals surface area contributed by atoms with Gasteiger partial charge < -0.3 is 15.3 Å². The Balaban J connectivity index is 0.00000341. The van der Waals surface area contributed by atoms with Crippen LogP contribution in [0.5, 0.6) is 0 Å². The minimum atomic E-state index is -0.949. The van der Waals surface area contributed by atoms with Crippen LogP contribution < -0.4 is 10.2 Å². The lowest BCUT2D eigenvalue weighted by Gasteiger charge is -2.43. The largest absolute Gasteiger partial charge is 0.465 e. The predicted octanol–water partition coefficient (Wildman–Crippen LogP) is 3.77. The molecule has 9 heteroatoms. The first-order valence-corrected chi connectivity index (χ1v) is 10.4. The summed E-state index contributed by atoms with van der Waals surface area (Å²) in [6.07, 6.45) is 3.41. The number of nitrogens with zero attached hydrogens (tertiary/aromatic N) is 4.